The van der Waals surface area contributed by atoms with E-state index >= 15 is 0 Å². The van der Waals surface area contributed by atoms with Gasteiger partial charge in [0.15, 0.2) is 5.96 Å². The molecule has 5 heteroatoms. The molecule has 0 saturated heterocycles. The predicted molar refractivity (Wildman–Crippen MR) is 107 cm³/mol. The van der Waals surface area contributed by atoms with Crippen molar-refractivity contribution in [1.82, 2.24) is 10.6 Å². The van der Waals surface area contributed by atoms with Crippen LogP contribution in [0.5, 0.6) is 11.5 Å². The molecular formula is C21H29N3O2. The molecule has 0 aromatic heterocycles. The molecule has 0 aliphatic carbocycles. The number of methoxy groups -OCH3 is 1. The van der Waals surface area contributed by atoms with Crippen molar-refractivity contribution in [3.63, 3.8) is 0 Å². The lowest BCUT2D eigenvalue weighted by Gasteiger charge is -2.14. The Kier molecular flexibility index (Phi) is 7.80. The van der Waals surface area contributed by atoms with Gasteiger partial charge in [0.25, 0.3) is 0 Å². The van der Waals surface area contributed by atoms with Crippen LogP contribution in [0.15, 0.2) is 47.5 Å². The molecule has 0 saturated carbocycles. The van der Waals surface area contributed by atoms with Crippen LogP contribution in [0.2, 0.25) is 0 Å². The van der Waals surface area contributed by atoms with E-state index in [1.165, 1.54) is 11.1 Å². The van der Waals surface area contributed by atoms with Gasteiger partial charge in [-0.2, -0.15) is 0 Å². The molecule has 26 heavy (non-hydrogen) atoms. The van der Waals surface area contributed by atoms with Crippen LogP contribution < -0.4 is 20.1 Å². The van der Waals surface area contributed by atoms with E-state index in [0.29, 0.717) is 13.2 Å². The Balaban J connectivity index is 1.84. The molecule has 2 aromatic carbocycles. The average Bonchev–Trinajstić information content (AvgIpc) is 2.65. The number of aryl methyl sites for hydroxylation is 1. The number of hydrogen-bond donors (Lipinski definition) is 2. The van der Waals surface area contributed by atoms with Crippen LogP contribution in [-0.4, -0.2) is 33.3 Å². The van der Waals surface area contributed by atoms with Gasteiger partial charge in [-0.1, -0.05) is 24.3 Å². The van der Waals surface area contributed by atoms with E-state index in [9.17, 15) is 0 Å². The summed E-state index contributed by atoms with van der Waals surface area (Å²) in [7, 11) is 3.47. The van der Waals surface area contributed by atoms with Gasteiger partial charge in [0.05, 0.1) is 13.7 Å². The Morgan fingerprint density at radius 1 is 1.12 bits per heavy atom. The number of ether oxygens (including phenoxy) is 2. The van der Waals surface area contributed by atoms with Crippen LogP contribution in [0.1, 0.15) is 23.6 Å². The fourth-order valence-corrected chi connectivity index (χ4v) is 2.68. The smallest absolute Gasteiger partial charge is 0.191 e. The van der Waals surface area contributed by atoms with Crippen LogP contribution in [0.25, 0.3) is 0 Å². The Hall–Kier alpha value is -2.69. The molecule has 0 aliphatic rings. The van der Waals surface area contributed by atoms with Crippen LogP contribution in [0, 0.1) is 6.92 Å². The first kappa shape index (κ1) is 19.6. The van der Waals surface area contributed by atoms with Crippen molar-refractivity contribution in [2.45, 2.75) is 26.8 Å². The van der Waals surface area contributed by atoms with E-state index < -0.39 is 0 Å². The van der Waals surface area contributed by atoms with E-state index in [2.05, 4.69) is 46.8 Å². The quantitative estimate of drug-likeness (QED) is 0.563. The number of benzene rings is 2. The van der Waals surface area contributed by atoms with Gasteiger partial charge in [0.1, 0.15) is 11.5 Å². The summed E-state index contributed by atoms with van der Waals surface area (Å²) in [6.45, 7) is 6.18. The summed E-state index contributed by atoms with van der Waals surface area (Å²) in [6, 6.07) is 14.4. The predicted octanol–water partition coefficient (Wildman–Crippen LogP) is 3.31. The maximum Gasteiger partial charge on any atom is 0.191 e. The SMILES string of the molecule is CCOc1cccc(CCNC(=NC)NCc2ccc(C)cc2OC)c1. The molecule has 0 spiro atoms. The maximum absolute atomic E-state index is 5.54. The third-order valence-electron chi connectivity index (χ3n) is 4.03. The Bertz CT molecular complexity index is 729. The van der Waals surface area contributed by atoms with Gasteiger partial charge < -0.3 is 20.1 Å². The monoisotopic (exact) mass is 355 g/mol. The second-order valence-corrected chi connectivity index (χ2v) is 6.00. The number of nitrogens with one attached hydrogen (secondary N) is 2. The van der Waals surface area contributed by atoms with Crippen molar-refractivity contribution >= 4 is 5.96 Å². The Morgan fingerprint density at radius 2 is 1.96 bits per heavy atom. The topological polar surface area (TPSA) is 54.9 Å². The fraction of sp³-hybridized carbons (Fsp3) is 0.381. The lowest BCUT2D eigenvalue weighted by Crippen LogP contribution is -2.37. The highest BCUT2D eigenvalue weighted by Crippen LogP contribution is 2.19. The van der Waals surface area contributed by atoms with Crippen LogP contribution in [-0.2, 0) is 13.0 Å². The van der Waals surface area contributed by atoms with E-state index in [4.69, 9.17) is 9.47 Å². The van der Waals surface area contributed by atoms with Gasteiger partial charge in [-0.25, -0.2) is 0 Å². The summed E-state index contributed by atoms with van der Waals surface area (Å²) >= 11 is 0. The Labute approximate surface area is 156 Å². The van der Waals surface area contributed by atoms with Crippen molar-refractivity contribution in [1.29, 1.82) is 0 Å². The number of rotatable bonds is 8. The van der Waals surface area contributed by atoms with Crippen molar-refractivity contribution in [3.8, 4) is 11.5 Å². The largest absolute Gasteiger partial charge is 0.496 e. The maximum atomic E-state index is 5.54. The summed E-state index contributed by atoms with van der Waals surface area (Å²) in [5.41, 5.74) is 3.52. The van der Waals surface area contributed by atoms with Crippen LogP contribution in [0.3, 0.4) is 0 Å². The van der Waals surface area contributed by atoms with E-state index in [-0.39, 0.29) is 0 Å². The van der Waals surface area contributed by atoms with Gasteiger partial charge in [0.2, 0.25) is 0 Å². The highest BCUT2D eigenvalue weighted by molar-refractivity contribution is 5.79. The average molecular weight is 355 g/mol. The molecule has 0 unspecified atom stereocenters. The molecular weight excluding hydrogens is 326 g/mol. The first-order valence-corrected chi connectivity index (χ1v) is 8.96. The first-order valence-electron chi connectivity index (χ1n) is 8.96. The highest BCUT2D eigenvalue weighted by atomic mass is 16.5. The molecule has 5 nitrogen and oxygen atoms in total. The minimum atomic E-state index is 0.656. The van der Waals surface area contributed by atoms with Crippen molar-refractivity contribution in [3.05, 3.63) is 59.2 Å². The summed E-state index contributed by atoms with van der Waals surface area (Å²) < 4.78 is 11.0. The standard InChI is InChI=1S/C21H29N3O2/c1-5-26-19-8-6-7-17(14-19)11-12-23-21(22-3)24-15-18-10-9-16(2)13-20(18)25-4/h6-10,13-14H,5,11-12,15H2,1-4H3,(H2,22,23,24). The Morgan fingerprint density at radius 3 is 2.69 bits per heavy atom. The van der Waals surface area contributed by atoms with Crippen LogP contribution >= 0.6 is 0 Å². The molecule has 0 radical (unpaired) electrons. The fourth-order valence-electron chi connectivity index (χ4n) is 2.68. The van der Waals surface area contributed by atoms with Crippen molar-refractivity contribution in [2.24, 2.45) is 4.99 Å². The zero-order valence-corrected chi connectivity index (χ0v) is 16.1. The normalized spacial score (nSPS) is 11.2. The molecule has 2 rings (SSSR count). The number of hydrogen-bond acceptors (Lipinski definition) is 3. The lowest BCUT2D eigenvalue weighted by atomic mass is 10.1. The molecule has 2 aromatic rings. The highest BCUT2D eigenvalue weighted by Gasteiger charge is 2.05. The summed E-state index contributed by atoms with van der Waals surface area (Å²) in [5, 5.41) is 6.68. The number of aliphatic imine (C=N–C) groups is 1. The molecule has 2 N–H and O–H groups in total. The molecule has 140 valence electrons. The molecule has 0 heterocycles. The van der Waals surface area contributed by atoms with E-state index in [1.54, 1.807) is 14.2 Å². The zero-order valence-electron chi connectivity index (χ0n) is 16.1. The van der Waals surface area contributed by atoms with Gasteiger partial charge >= 0.3 is 0 Å². The second-order valence-electron chi connectivity index (χ2n) is 6.00. The number of nitrogens with zero attached hydrogens (tertiary/aromatic N) is 1. The third-order valence-corrected chi connectivity index (χ3v) is 4.03. The van der Waals surface area contributed by atoms with Gasteiger partial charge in [0, 0.05) is 25.7 Å². The zero-order chi connectivity index (χ0) is 18.8. The summed E-state index contributed by atoms with van der Waals surface area (Å²) in [4.78, 5) is 4.28. The number of guanidine groups is 1. The van der Waals surface area contributed by atoms with Gasteiger partial charge in [-0.3, -0.25) is 4.99 Å². The third kappa shape index (κ3) is 5.99. The van der Waals surface area contributed by atoms with E-state index in [1.807, 2.05) is 25.1 Å². The summed E-state index contributed by atoms with van der Waals surface area (Å²) in [5.74, 6) is 2.58. The second kappa shape index (κ2) is 10.3. The molecule has 0 aliphatic heterocycles. The summed E-state index contributed by atoms with van der Waals surface area (Å²) in [6.07, 6.45) is 0.898. The van der Waals surface area contributed by atoms with E-state index in [0.717, 1.165) is 36.0 Å². The molecule has 0 bridgehead atoms. The molecule has 0 atom stereocenters. The molecule has 0 fully saturated rings. The first-order chi connectivity index (χ1) is 12.7. The minimum absolute atomic E-state index is 0.656. The van der Waals surface area contributed by atoms with Crippen LogP contribution in [0.4, 0.5) is 0 Å². The van der Waals surface area contributed by atoms with Crippen molar-refractivity contribution < 1.29 is 9.47 Å². The van der Waals surface area contributed by atoms with Gasteiger partial charge in [-0.15, -0.1) is 0 Å². The molecule has 0 amide bonds. The van der Waals surface area contributed by atoms with Gasteiger partial charge in [-0.05, 0) is 49.6 Å². The minimum Gasteiger partial charge on any atom is -0.496 e. The van der Waals surface area contributed by atoms with Crippen molar-refractivity contribution in [2.75, 3.05) is 27.3 Å². The lowest BCUT2D eigenvalue weighted by molar-refractivity contribution is 0.340.